The Hall–Kier alpha value is -3.82. The predicted octanol–water partition coefficient (Wildman–Crippen LogP) is 2.37. The average molecular weight is 502 g/mol. The van der Waals surface area contributed by atoms with Crippen LogP contribution < -0.4 is 15.5 Å². The van der Waals surface area contributed by atoms with Crippen LogP contribution in [0, 0.1) is 6.92 Å². The molecule has 0 saturated carbocycles. The molecule has 1 aliphatic rings. The summed E-state index contributed by atoms with van der Waals surface area (Å²) in [6.45, 7) is 7.55. The monoisotopic (exact) mass is 501 g/mol. The maximum Gasteiger partial charge on any atom is 0.256 e. The maximum atomic E-state index is 13.5. The van der Waals surface area contributed by atoms with Gasteiger partial charge in [0.25, 0.3) is 5.91 Å². The largest absolute Gasteiger partial charge is 0.353 e. The van der Waals surface area contributed by atoms with E-state index in [0.29, 0.717) is 32.0 Å². The Labute approximate surface area is 218 Å². The quantitative estimate of drug-likeness (QED) is 0.390. The number of aromatic nitrogens is 2. The van der Waals surface area contributed by atoms with Crippen molar-refractivity contribution in [2.45, 2.75) is 26.9 Å². The number of fused-ring (bicyclic) bond motifs is 1. The molecule has 2 heterocycles. The van der Waals surface area contributed by atoms with E-state index in [2.05, 4.69) is 32.7 Å². The van der Waals surface area contributed by atoms with E-state index in [-0.39, 0.29) is 24.9 Å². The molecule has 0 radical (unpaired) electrons. The van der Waals surface area contributed by atoms with Crippen LogP contribution in [0.25, 0.3) is 11.4 Å². The van der Waals surface area contributed by atoms with Gasteiger partial charge in [-0.1, -0.05) is 43.3 Å². The smallest absolute Gasteiger partial charge is 0.256 e. The van der Waals surface area contributed by atoms with Gasteiger partial charge in [0.15, 0.2) is 5.82 Å². The third-order valence-corrected chi connectivity index (χ3v) is 6.52. The molecule has 0 spiro atoms. The Morgan fingerprint density at radius 3 is 2.35 bits per heavy atom. The number of carbonyl (C=O) groups is 2. The number of nitrogens with zero attached hydrogens (tertiary/aromatic N) is 5. The molecular weight excluding hydrogens is 466 g/mol. The molecule has 0 atom stereocenters. The van der Waals surface area contributed by atoms with Crippen LogP contribution in [0.3, 0.4) is 0 Å². The Morgan fingerprint density at radius 1 is 0.973 bits per heavy atom. The van der Waals surface area contributed by atoms with E-state index in [4.69, 9.17) is 0 Å². The van der Waals surface area contributed by atoms with Crippen molar-refractivity contribution in [2.75, 3.05) is 44.7 Å². The van der Waals surface area contributed by atoms with Crippen molar-refractivity contribution >= 4 is 17.5 Å². The third-order valence-electron chi connectivity index (χ3n) is 6.52. The number of benzene rings is 2. The Kier molecular flexibility index (Phi) is 8.81. The van der Waals surface area contributed by atoms with Crippen molar-refractivity contribution in [1.82, 2.24) is 30.6 Å². The average Bonchev–Trinajstić information content (AvgIpc) is 3.35. The third kappa shape index (κ3) is 6.69. The fourth-order valence-corrected chi connectivity index (χ4v) is 4.41. The highest BCUT2D eigenvalue weighted by molar-refractivity contribution is 5.87. The van der Waals surface area contributed by atoms with E-state index >= 15 is 0 Å². The van der Waals surface area contributed by atoms with Crippen molar-refractivity contribution in [3.8, 4) is 11.4 Å². The van der Waals surface area contributed by atoms with E-state index in [9.17, 15) is 9.59 Å². The molecular formula is C28H35N7O2. The molecule has 9 heteroatoms. The second-order valence-electron chi connectivity index (χ2n) is 9.14. The summed E-state index contributed by atoms with van der Waals surface area (Å²) in [6, 6.07) is 15.9. The SMILES string of the molecule is CCNCCNC(=O)CN(CC(=O)N(C)N1Cc2ccccc2C1)c1cc(-c2ncccn2)ccc1C. The van der Waals surface area contributed by atoms with Gasteiger partial charge < -0.3 is 15.5 Å². The first-order chi connectivity index (χ1) is 18.0. The lowest BCUT2D eigenvalue weighted by molar-refractivity contribution is -0.145. The lowest BCUT2D eigenvalue weighted by Gasteiger charge is -2.32. The van der Waals surface area contributed by atoms with Crippen LogP contribution in [0.5, 0.6) is 0 Å². The molecule has 0 bridgehead atoms. The first kappa shape index (κ1) is 26.2. The Balaban J connectivity index is 1.53. The molecule has 194 valence electrons. The molecule has 0 unspecified atom stereocenters. The van der Waals surface area contributed by atoms with Crippen LogP contribution >= 0.6 is 0 Å². The van der Waals surface area contributed by atoms with Gasteiger partial charge in [0.2, 0.25) is 5.91 Å². The van der Waals surface area contributed by atoms with Gasteiger partial charge in [0.1, 0.15) is 0 Å². The number of nitrogens with one attached hydrogen (secondary N) is 2. The van der Waals surface area contributed by atoms with Crippen LogP contribution in [0.1, 0.15) is 23.6 Å². The minimum absolute atomic E-state index is 0.0594. The number of aryl methyl sites for hydroxylation is 1. The van der Waals surface area contributed by atoms with Crippen LogP contribution in [-0.4, -0.2) is 71.6 Å². The fraction of sp³-hybridized carbons (Fsp3) is 0.357. The highest BCUT2D eigenvalue weighted by Crippen LogP contribution is 2.27. The summed E-state index contributed by atoms with van der Waals surface area (Å²) in [7, 11) is 1.80. The van der Waals surface area contributed by atoms with Crippen LogP contribution in [-0.2, 0) is 22.7 Å². The molecule has 0 fully saturated rings. The van der Waals surface area contributed by atoms with Crippen molar-refractivity contribution in [3.63, 3.8) is 0 Å². The summed E-state index contributed by atoms with van der Waals surface area (Å²) in [5.74, 6) is 0.369. The first-order valence-electron chi connectivity index (χ1n) is 12.6. The molecule has 0 saturated heterocycles. The zero-order chi connectivity index (χ0) is 26.2. The molecule has 4 rings (SSSR count). The number of hydrogen-bond donors (Lipinski definition) is 2. The Bertz CT molecular complexity index is 1190. The molecule has 2 aromatic carbocycles. The van der Waals surface area contributed by atoms with Gasteiger partial charge >= 0.3 is 0 Å². The second kappa shape index (κ2) is 12.4. The Morgan fingerprint density at radius 2 is 1.68 bits per heavy atom. The molecule has 2 amide bonds. The van der Waals surface area contributed by atoms with Crippen molar-refractivity contribution in [1.29, 1.82) is 0 Å². The van der Waals surface area contributed by atoms with Gasteiger partial charge in [-0.3, -0.25) is 14.6 Å². The topological polar surface area (TPSA) is 93.7 Å². The molecule has 0 aliphatic carbocycles. The van der Waals surface area contributed by atoms with Gasteiger partial charge in [-0.05, 0) is 42.3 Å². The van der Waals surface area contributed by atoms with Gasteiger partial charge in [-0.2, -0.15) is 0 Å². The van der Waals surface area contributed by atoms with E-state index in [1.807, 2.05) is 54.1 Å². The normalized spacial score (nSPS) is 12.7. The standard InChI is InChI=1S/C28H35N7O2/c1-4-29-14-15-30-26(36)19-34(25-16-22(11-10-21(25)2)28-31-12-7-13-32-28)20-27(37)33(3)35-17-23-8-5-6-9-24(23)18-35/h5-13,16,29H,4,14-15,17-20H2,1-3H3,(H,30,36). The van der Waals surface area contributed by atoms with E-state index in [0.717, 1.165) is 23.4 Å². The summed E-state index contributed by atoms with van der Waals surface area (Å²) in [5, 5.41) is 9.86. The summed E-state index contributed by atoms with van der Waals surface area (Å²) in [6.07, 6.45) is 3.40. The molecule has 37 heavy (non-hydrogen) atoms. The number of amides is 2. The molecule has 1 aromatic heterocycles. The van der Waals surface area contributed by atoms with Crippen molar-refractivity contribution < 1.29 is 9.59 Å². The number of hydrogen-bond acceptors (Lipinski definition) is 7. The van der Waals surface area contributed by atoms with Gasteiger partial charge in [-0.15, -0.1) is 0 Å². The number of hydrazine groups is 1. The first-order valence-corrected chi connectivity index (χ1v) is 12.6. The fourth-order valence-electron chi connectivity index (χ4n) is 4.41. The number of carbonyl (C=O) groups excluding carboxylic acids is 2. The van der Waals surface area contributed by atoms with Gasteiger partial charge in [-0.25, -0.2) is 15.0 Å². The van der Waals surface area contributed by atoms with Crippen molar-refractivity contribution in [3.05, 3.63) is 77.6 Å². The lowest BCUT2D eigenvalue weighted by Crippen LogP contribution is -2.48. The zero-order valence-corrected chi connectivity index (χ0v) is 21.8. The minimum Gasteiger partial charge on any atom is -0.353 e. The van der Waals surface area contributed by atoms with Crippen LogP contribution in [0.4, 0.5) is 5.69 Å². The molecule has 3 aromatic rings. The summed E-state index contributed by atoms with van der Waals surface area (Å²) in [4.78, 5) is 36.9. The number of rotatable bonds is 11. The minimum atomic E-state index is -0.136. The van der Waals surface area contributed by atoms with Crippen molar-refractivity contribution in [2.24, 2.45) is 0 Å². The van der Waals surface area contributed by atoms with Crippen LogP contribution in [0.2, 0.25) is 0 Å². The second-order valence-corrected chi connectivity index (χ2v) is 9.14. The summed E-state index contributed by atoms with van der Waals surface area (Å²) < 4.78 is 0. The summed E-state index contributed by atoms with van der Waals surface area (Å²) >= 11 is 0. The molecule has 2 N–H and O–H groups in total. The van der Waals surface area contributed by atoms with Gasteiger partial charge in [0.05, 0.1) is 13.1 Å². The van der Waals surface area contributed by atoms with Crippen LogP contribution in [0.15, 0.2) is 60.9 Å². The summed E-state index contributed by atoms with van der Waals surface area (Å²) in [5.41, 5.74) is 5.05. The van der Waals surface area contributed by atoms with E-state index in [1.165, 1.54) is 11.1 Å². The van der Waals surface area contributed by atoms with Gasteiger partial charge in [0, 0.05) is 56.9 Å². The van der Waals surface area contributed by atoms with E-state index < -0.39 is 0 Å². The lowest BCUT2D eigenvalue weighted by atomic mass is 10.1. The van der Waals surface area contributed by atoms with E-state index in [1.54, 1.807) is 30.5 Å². The molecule has 9 nitrogen and oxygen atoms in total. The maximum absolute atomic E-state index is 13.5. The zero-order valence-electron chi connectivity index (χ0n) is 21.8. The number of anilines is 1. The number of likely N-dealkylation sites (N-methyl/N-ethyl adjacent to an activating group) is 2. The highest BCUT2D eigenvalue weighted by atomic mass is 16.2. The highest BCUT2D eigenvalue weighted by Gasteiger charge is 2.27. The molecule has 1 aliphatic heterocycles. The predicted molar refractivity (Wildman–Crippen MR) is 144 cm³/mol.